The van der Waals surface area contributed by atoms with Gasteiger partial charge in [-0.1, -0.05) is 11.3 Å². The molecule has 2 rings (SSSR count). The quantitative estimate of drug-likeness (QED) is 0.744. The summed E-state index contributed by atoms with van der Waals surface area (Å²) in [6.45, 7) is 1.01. The fourth-order valence-electron chi connectivity index (χ4n) is 1.26. The predicted octanol–water partition coefficient (Wildman–Crippen LogP) is 1.08. The molecule has 0 aliphatic heterocycles. The molecule has 0 unspecified atom stereocenters. The Kier molecular flexibility index (Phi) is 3.41. The van der Waals surface area contributed by atoms with Gasteiger partial charge in [-0.05, 0) is 20.0 Å². The van der Waals surface area contributed by atoms with Crippen molar-refractivity contribution >= 4 is 11.3 Å². The number of aromatic amines is 1. The van der Waals surface area contributed by atoms with Crippen molar-refractivity contribution in [2.24, 2.45) is 0 Å². The molecule has 6 heteroatoms. The highest BCUT2D eigenvalue weighted by molar-refractivity contribution is 7.14. The lowest BCUT2D eigenvalue weighted by Gasteiger charge is -1.94. The van der Waals surface area contributed by atoms with Gasteiger partial charge in [-0.3, -0.25) is 5.10 Å². The molecule has 0 aromatic carbocycles. The number of hydrogen-bond donors (Lipinski definition) is 2. The average Bonchev–Trinajstić information content (AvgIpc) is 2.87. The Morgan fingerprint density at radius 3 is 3.13 bits per heavy atom. The van der Waals surface area contributed by atoms with E-state index in [0.717, 1.165) is 35.0 Å². The van der Waals surface area contributed by atoms with Crippen LogP contribution in [0.5, 0.6) is 0 Å². The Morgan fingerprint density at radius 1 is 1.47 bits per heavy atom. The maximum absolute atomic E-state index is 4.14. The fourth-order valence-corrected chi connectivity index (χ4v) is 2.12. The maximum Gasteiger partial charge on any atom is 0.150 e. The highest BCUT2D eigenvalue weighted by Gasteiger charge is 2.06. The zero-order valence-corrected chi connectivity index (χ0v) is 9.34. The van der Waals surface area contributed by atoms with Crippen LogP contribution < -0.4 is 5.32 Å². The molecule has 15 heavy (non-hydrogen) atoms. The molecule has 2 heterocycles. The number of hydrogen-bond acceptors (Lipinski definition) is 5. The lowest BCUT2D eigenvalue weighted by molar-refractivity contribution is 0.718. The largest absolute Gasteiger partial charge is 0.320 e. The normalized spacial score (nSPS) is 10.7. The third-order valence-electron chi connectivity index (χ3n) is 2.03. The summed E-state index contributed by atoms with van der Waals surface area (Å²) in [6.07, 6.45) is 5.67. The van der Waals surface area contributed by atoms with E-state index in [1.165, 1.54) is 0 Å². The summed E-state index contributed by atoms with van der Waals surface area (Å²) in [5.74, 6) is 0. The van der Waals surface area contributed by atoms with Crippen molar-refractivity contribution in [3.63, 3.8) is 0 Å². The number of aromatic nitrogens is 4. The lowest BCUT2D eigenvalue weighted by atomic mass is 10.3. The molecule has 80 valence electrons. The van der Waals surface area contributed by atoms with Gasteiger partial charge in [0.25, 0.3) is 0 Å². The Bertz CT molecular complexity index is 394. The van der Waals surface area contributed by atoms with Gasteiger partial charge >= 0.3 is 0 Å². The van der Waals surface area contributed by atoms with Crippen LogP contribution in [0.3, 0.4) is 0 Å². The number of nitrogens with one attached hydrogen (secondary N) is 2. The number of nitrogens with zero attached hydrogens (tertiary/aromatic N) is 3. The van der Waals surface area contributed by atoms with E-state index in [-0.39, 0.29) is 0 Å². The van der Waals surface area contributed by atoms with Crippen molar-refractivity contribution < 1.29 is 0 Å². The van der Waals surface area contributed by atoms with E-state index >= 15 is 0 Å². The molecule has 0 bridgehead atoms. The zero-order valence-electron chi connectivity index (χ0n) is 8.53. The molecule has 5 nitrogen and oxygen atoms in total. The van der Waals surface area contributed by atoms with E-state index in [1.807, 2.05) is 13.2 Å². The molecule has 0 amide bonds. The minimum Gasteiger partial charge on any atom is -0.320 e. The number of aryl methyl sites for hydroxylation is 1. The van der Waals surface area contributed by atoms with Crippen LogP contribution in [0, 0.1) is 0 Å². The van der Waals surface area contributed by atoms with E-state index in [4.69, 9.17) is 0 Å². The fraction of sp³-hybridized carbons (Fsp3) is 0.444. The summed E-state index contributed by atoms with van der Waals surface area (Å²) in [5, 5.41) is 20.1. The SMILES string of the molecule is CNCCCc1nnc(-c2cn[nH]c2)s1. The summed E-state index contributed by atoms with van der Waals surface area (Å²) in [4.78, 5) is 0. The van der Waals surface area contributed by atoms with Crippen molar-refractivity contribution in [3.05, 3.63) is 17.4 Å². The summed E-state index contributed by atoms with van der Waals surface area (Å²) < 4.78 is 0. The standard InChI is InChI=1S/C9H13N5S/c1-10-4-2-3-8-13-14-9(15-8)7-5-11-12-6-7/h5-6,10H,2-4H2,1H3,(H,11,12). The first-order valence-corrected chi connectivity index (χ1v) is 5.68. The molecular weight excluding hydrogens is 210 g/mol. The van der Waals surface area contributed by atoms with Crippen molar-refractivity contribution in [1.29, 1.82) is 0 Å². The minimum atomic E-state index is 0.934. The van der Waals surface area contributed by atoms with Crippen LogP contribution in [-0.2, 0) is 6.42 Å². The van der Waals surface area contributed by atoms with Crippen LogP contribution in [-0.4, -0.2) is 34.0 Å². The molecule has 0 saturated heterocycles. The molecule has 0 radical (unpaired) electrons. The van der Waals surface area contributed by atoms with Crippen LogP contribution in [0.4, 0.5) is 0 Å². The topological polar surface area (TPSA) is 66.5 Å². The van der Waals surface area contributed by atoms with Gasteiger partial charge < -0.3 is 5.32 Å². The molecule has 2 N–H and O–H groups in total. The molecule has 2 aromatic heterocycles. The summed E-state index contributed by atoms with van der Waals surface area (Å²) in [7, 11) is 1.96. The predicted molar refractivity (Wildman–Crippen MR) is 59.7 cm³/mol. The van der Waals surface area contributed by atoms with Gasteiger partial charge in [0, 0.05) is 12.6 Å². The molecule has 0 spiro atoms. The second-order valence-corrected chi connectivity index (χ2v) is 4.26. The second kappa shape index (κ2) is 4.99. The van der Waals surface area contributed by atoms with E-state index in [1.54, 1.807) is 17.5 Å². The first-order chi connectivity index (χ1) is 7.40. The maximum atomic E-state index is 4.14. The van der Waals surface area contributed by atoms with Crippen LogP contribution in [0.1, 0.15) is 11.4 Å². The van der Waals surface area contributed by atoms with Crippen LogP contribution in [0.2, 0.25) is 0 Å². The number of H-pyrrole nitrogens is 1. The van der Waals surface area contributed by atoms with E-state index in [9.17, 15) is 0 Å². The number of rotatable bonds is 5. The molecule has 0 fully saturated rings. The van der Waals surface area contributed by atoms with Gasteiger partial charge in [0.15, 0.2) is 5.01 Å². The van der Waals surface area contributed by atoms with Crippen LogP contribution in [0.15, 0.2) is 12.4 Å². The van der Waals surface area contributed by atoms with E-state index < -0.39 is 0 Å². The molecule has 0 aliphatic carbocycles. The first kappa shape index (κ1) is 10.3. The molecule has 2 aromatic rings. The third kappa shape index (κ3) is 2.60. The van der Waals surface area contributed by atoms with E-state index in [0.29, 0.717) is 0 Å². The average molecular weight is 223 g/mol. The zero-order chi connectivity index (χ0) is 10.5. The molecule has 0 atom stereocenters. The monoisotopic (exact) mass is 223 g/mol. The van der Waals surface area contributed by atoms with Gasteiger partial charge in [-0.15, -0.1) is 10.2 Å². The first-order valence-electron chi connectivity index (χ1n) is 4.86. The van der Waals surface area contributed by atoms with Gasteiger partial charge in [0.1, 0.15) is 5.01 Å². The third-order valence-corrected chi connectivity index (χ3v) is 3.06. The van der Waals surface area contributed by atoms with Crippen molar-refractivity contribution in [3.8, 4) is 10.6 Å². The summed E-state index contributed by atoms with van der Waals surface area (Å²) in [5.41, 5.74) is 1.01. The highest BCUT2D eigenvalue weighted by atomic mass is 32.1. The summed E-state index contributed by atoms with van der Waals surface area (Å²) >= 11 is 1.63. The van der Waals surface area contributed by atoms with Gasteiger partial charge in [0.05, 0.1) is 11.8 Å². The second-order valence-electron chi connectivity index (χ2n) is 3.20. The van der Waals surface area contributed by atoms with E-state index in [2.05, 4.69) is 25.7 Å². The Morgan fingerprint density at radius 2 is 2.40 bits per heavy atom. The minimum absolute atomic E-state index is 0.934. The molecular formula is C9H13N5S. The molecule has 0 saturated carbocycles. The van der Waals surface area contributed by atoms with Crippen LogP contribution in [0.25, 0.3) is 10.6 Å². The molecule has 0 aliphatic rings. The highest BCUT2D eigenvalue weighted by Crippen LogP contribution is 2.22. The van der Waals surface area contributed by atoms with Crippen molar-refractivity contribution in [2.45, 2.75) is 12.8 Å². The summed E-state index contributed by atoms with van der Waals surface area (Å²) in [6, 6.07) is 0. The van der Waals surface area contributed by atoms with Crippen molar-refractivity contribution in [2.75, 3.05) is 13.6 Å². The Balaban J connectivity index is 1.98. The lowest BCUT2D eigenvalue weighted by Crippen LogP contribution is -2.08. The smallest absolute Gasteiger partial charge is 0.150 e. The van der Waals surface area contributed by atoms with Crippen LogP contribution >= 0.6 is 11.3 Å². The van der Waals surface area contributed by atoms with Gasteiger partial charge in [-0.25, -0.2) is 0 Å². The van der Waals surface area contributed by atoms with Crippen molar-refractivity contribution in [1.82, 2.24) is 25.7 Å². The van der Waals surface area contributed by atoms with Gasteiger partial charge in [0.2, 0.25) is 0 Å². The Hall–Kier alpha value is -1.27. The Labute approximate surface area is 91.9 Å². The van der Waals surface area contributed by atoms with Gasteiger partial charge in [-0.2, -0.15) is 5.10 Å².